The lowest BCUT2D eigenvalue weighted by molar-refractivity contribution is -0.139. The zero-order valence-electron chi connectivity index (χ0n) is 14.7. The topological polar surface area (TPSA) is 76.1 Å². The number of carbonyl (C=O) groups is 2. The van der Waals surface area contributed by atoms with Crippen LogP contribution in [0.25, 0.3) is 6.08 Å². The van der Waals surface area contributed by atoms with Gasteiger partial charge in [0.15, 0.2) is 18.1 Å². The molecule has 1 aromatic rings. The van der Waals surface area contributed by atoms with Crippen molar-refractivity contribution in [2.24, 2.45) is 5.92 Å². The van der Waals surface area contributed by atoms with Crippen molar-refractivity contribution in [3.05, 3.63) is 29.8 Å². The van der Waals surface area contributed by atoms with Crippen LogP contribution in [0, 0.1) is 5.92 Å². The molecule has 1 amide bonds. The zero-order valence-corrected chi connectivity index (χ0v) is 14.7. The number of aliphatic carboxylic acids is 1. The van der Waals surface area contributed by atoms with Gasteiger partial charge in [0.2, 0.25) is 0 Å². The van der Waals surface area contributed by atoms with Crippen LogP contribution in [0.4, 0.5) is 0 Å². The minimum absolute atomic E-state index is 0.0527. The SMILES string of the molecule is C/C=C/c1ccc(OCC(=O)N2CCC(CC(=O)O)CC2)c(OC)c1. The second kappa shape index (κ2) is 9.11. The van der Waals surface area contributed by atoms with Crippen LogP contribution >= 0.6 is 0 Å². The highest BCUT2D eigenvalue weighted by molar-refractivity contribution is 5.78. The Morgan fingerprint density at radius 1 is 1.28 bits per heavy atom. The lowest BCUT2D eigenvalue weighted by Crippen LogP contribution is -2.41. The Morgan fingerprint density at radius 2 is 2.00 bits per heavy atom. The van der Waals surface area contributed by atoms with E-state index >= 15 is 0 Å². The summed E-state index contributed by atoms with van der Waals surface area (Å²) in [5.41, 5.74) is 0.999. The molecule has 136 valence electrons. The van der Waals surface area contributed by atoms with Crippen LogP contribution in [0.5, 0.6) is 11.5 Å². The maximum Gasteiger partial charge on any atom is 0.303 e. The average molecular weight is 347 g/mol. The molecule has 1 fully saturated rings. The van der Waals surface area contributed by atoms with Crippen LogP contribution < -0.4 is 9.47 Å². The second-order valence-corrected chi connectivity index (χ2v) is 6.12. The largest absolute Gasteiger partial charge is 0.493 e. The average Bonchev–Trinajstić information content (AvgIpc) is 2.60. The smallest absolute Gasteiger partial charge is 0.303 e. The molecule has 2 rings (SSSR count). The van der Waals surface area contributed by atoms with Gasteiger partial charge < -0.3 is 19.5 Å². The molecule has 1 N–H and O–H groups in total. The first-order valence-electron chi connectivity index (χ1n) is 8.46. The number of ether oxygens (including phenoxy) is 2. The van der Waals surface area contributed by atoms with E-state index in [1.165, 1.54) is 0 Å². The van der Waals surface area contributed by atoms with Crippen molar-refractivity contribution in [3.8, 4) is 11.5 Å². The van der Waals surface area contributed by atoms with E-state index in [1.807, 2.05) is 31.2 Å². The zero-order chi connectivity index (χ0) is 18.2. The van der Waals surface area contributed by atoms with E-state index in [0.29, 0.717) is 24.6 Å². The molecule has 1 aliphatic rings. The number of rotatable bonds is 7. The normalized spacial score (nSPS) is 15.4. The van der Waals surface area contributed by atoms with Gasteiger partial charge in [0.05, 0.1) is 7.11 Å². The molecule has 0 atom stereocenters. The Hall–Kier alpha value is -2.50. The summed E-state index contributed by atoms with van der Waals surface area (Å²) in [6, 6.07) is 5.55. The first-order chi connectivity index (χ1) is 12.0. The molecule has 1 heterocycles. The summed E-state index contributed by atoms with van der Waals surface area (Å²) in [4.78, 5) is 24.8. The summed E-state index contributed by atoms with van der Waals surface area (Å²) in [5.74, 6) is 0.407. The number of benzene rings is 1. The van der Waals surface area contributed by atoms with E-state index in [2.05, 4.69) is 0 Å². The molecule has 6 heteroatoms. The summed E-state index contributed by atoms with van der Waals surface area (Å²) in [7, 11) is 1.57. The minimum Gasteiger partial charge on any atom is -0.493 e. The number of carboxylic acid groups (broad SMARTS) is 1. The molecular formula is C19H25NO5. The Bertz CT molecular complexity index is 633. The summed E-state index contributed by atoms with van der Waals surface area (Å²) in [6.07, 6.45) is 5.51. The van der Waals surface area contributed by atoms with Gasteiger partial charge in [-0.25, -0.2) is 0 Å². The van der Waals surface area contributed by atoms with E-state index in [0.717, 1.165) is 18.4 Å². The number of piperidine rings is 1. The standard InChI is InChI=1S/C19H25NO5/c1-3-4-14-5-6-16(17(11-14)24-2)25-13-18(21)20-9-7-15(8-10-20)12-19(22)23/h3-6,11,15H,7-10,12-13H2,1-2H3,(H,22,23)/b4-3+. The van der Waals surface area contributed by atoms with Gasteiger partial charge in [0.25, 0.3) is 5.91 Å². The highest BCUT2D eigenvalue weighted by atomic mass is 16.5. The van der Waals surface area contributed by atoms with Crippen LogP contribution in [-0.2, 0) is 9.59 Å². The highest BCUT2D eigenvalue weighted by Crippen LogP contribution is 2.29. The molecule has 25 heavy (non-hydrogen) atoms. The van der Waals surface area contributed by atoms with E-state index in [9.17, 15) is 9.59 Å². The predicted molar refractivity (Wildman–Crippen MR) is 94.8 cm³/mol. The van der Waals surface area contributed by atoms with Crippen molar-refractivity contribution < 1.29 is 24.2 Å². The quantitative estimate of drug-likeness (QED) is 0.821. The molecule has 0 saturated carbocycles. The van der Waals surface area contributed by atoms with Gasteiger partial charge in [-0.15, -0.1) is 0 Å². The maximum absolute atomic E-state index is 12.3. The number of hydrogen-bond donors (Lipinski definition) is 1. The Balaban J connectivity index is 1.87. The third-order valence-electron chi connectivity index (χ3n) is 4.33. The van der Waals surface area contributed by atoms with E-state index in [-0.39, 0.29) is 24.9 Å². The molecule has 0 aromatic heterocycles. The van der Waals surface area contributed by atoms with Gasteiger partial charge in [-0.3, -0.25) is 9.59 Å². The Kier molecular flexibility index (Phi) is 6.86. The molecule has 0 spiro atoms. The fraction of sp³-hybridized carbons (Fsp3) is 0.474. The number of likely N-dealkylation sites (tertiary alicyclic amines) is 1. The van der Waals surface area contributed by atoms with Gasteiger partial charge in [-0.05, 0) is 43.4 Å². The highest BCUT2D eigenvalue weighted by Gasteiger charge is 2.24. The summed E-state index contributed by atoms with van der Waals surface area (Å²) >= 11 is 0. The summed E-state index contributed by atoms with van der Waals surface area (Å²) < 4.78 is 11.0. The second-order valence-electron chi connectivity index (χ2n) is 6.12. The summed E-state index contributed by atoms with van der Waals surface area (Å²) in [6.45, 7) is 3.05. The number of methoxy groups -OCH3 is 1. The first kappa shape index (κ1) is 18.8. The molecule has 0 aliphatic carbocycles. The van der Waals surface area contributed by atoms with Crippen LogP contribution in [-0.4, -0.2) is 48.7 Å². The van der Waals surface area contributed by atoms with Gasteiger partial charge >= 0.3 is 5.97 Å². The van der Waals surface area contributed by atoms with Crippen molar-refractivity contribution in [1.29, 1.82) is 0 Å². The van der Waals surface area contributed by atoms with Crippen LogP contribution in [0.3, 0.4) is 0 Å². The Labute approximate surface area is 148 Å². The lowest BCUT2D eigenvalue weighted by atomic mass is 9.94. The number of amides is 1. The fourth-order valence-electron chi connectivity index (χ4n) is 2.96. The number of allylic oxidation sites excluding steroid dienone is 1. The van der Waals surface area contributed by atoms with Crippen LogP contribution in [0.1, 0.15) is 31.7 Å². The lowest BCUT2D eigenvalue weighted by Gasteiger charge is -2.31. The van der Waals surface area contributed by atoms with Crippen molar-refractivity contribution in [3.63, 3.8) is 0 Å². The first-order valence-corrected chi connectivity index (χ1v) is 8.46. The molecule has 1 saturated heterocycles. The van der Waals surface area contributed by atoms with E-state index in [4.69, 9.17) is 14.6 Å². The maximum atomic E-state index is 12.3. The molecule has 0 bridgehead atoms. The molecule has 0 unspecified atom stereocenters. The van der Waals surface area contributed by atoms with Gasteiger partial charge in [0.1, 0.15) is 0 Å². The van der Waals surface area contributed by atoms with Crippen molar-refractivity contribution in [2.45, 2.75) is 26.2 Å². The molecule has 1 aromatic carbocycles. The monoisotopic (exact) mass is 347 g/mol. The van der Waals surface area contributed by atoms with Crippen molar-refractivity contribution >= 4 is 18.0 Å². The van der Waals surface area contributed by atoms with Gasteiger partial charge in [-0.1, -0.05) is 18.2 Å². The van der Waals surface area contributed by atoms with Crippen LogP contribution in [0.15, 0.2) is 24.3 Å². The Morgan fingerprint density at radius 3 is 2.60 bits per heavy atom. The third kappa shape index (κ3) is 5.52. The third-order valence-corrected chi connectivity index (χ3v) is 4.33. The summed E-state index contributed by atoms with van der Waals surface area (Å²) in [5, 5.41) is 8.84. The minimum atomic E-state index is -0.776. The number of carbonyl (C=O) groups excluding carboxylic acids is 1. The molecular weight excluding hydrogens is 322 g/mol. The number of nitrogens with zero attached hydrogens (tertiary/aromatic N) is 1. The van der Waals surface area contributed by atoms with E-state index < -0.39 is 5.97 Å². The van der Waals surface area contributed by atoms with Crippen molar-refractivity contribution in [1.82, 2.24) is 4.90 Å². The number of carboxylic acids is 1. The van der Waals surface area contributed by atoms with Gasteiger partial charge in [0, 0.05) is 19.5 Å². The fourth-order valence-corrected chi connectivity index (χ4v) is 2.96. The molecule has 1 aliphatic heterocycles. The van der Waals surface area contributed by atoms with Crippen molar-refractivity contribution in [2.75, 3.05) is 26.8 Å². The van der Waals surface area contributed by atoms with E-state index in [1.54, 1.807) is 18.1 Å². The van der Waals surface area contributed by atoms with Gasteiger partial charge in [-0.2, -0.15) is 0 Å². The molecule has 0 radical (unpaired) electrons. The predicted octanol–water partition coefficient (Wildman–Crippen LogP) is 2.82. The van der Waals surface area contributed by atoms with Crippen LogP contribution in [0.2, 0.25) is 0 Å². The molecule has 6 nitrogen and oxygen atoms in total. The number of hydrogen-bond acceptors (Lipinski definition) is 4.